The van der Waals surface area contributed by atoms with E-state index in [4.69, 9.17) is 15.1 Å². The summed E-state index contributed by atoms with van der Waals surface area (Å²) >= 11 is 0. The Morgan fingerprint density at radius 1 is 1.03 bits per heavy atom. The molecule has 0 aromatic heterocycles. The van der Waals surface area contributed by atoms with Crippen LogP contribution in [0.5, 0.6) is 0 Å². The van der Waals surface area contributed by atoms with Crippen molar-refractivity contribution in [1.29, 1.82) is 0 Å². The van der Waals surface area contributed by atoms with Crippen molar-refractivity contribution in [3.05, 3.63) is 12.2 Å². The van der Waals surface area contributed by atoms with Gasteiger partial charge in [-0.1, -0.05) is 25.9 Å². The summed E-state index contributed by atoms with van der Waals surface area (Å²) < 4.78 is 0. The van der Waals surface area contributed by atoms with Gasteiger partial charge in [-0.15, -0.1) is 0 Å². The third-order valence-corrected chi connectivity index (χ3v) is 10.3. The van der Waals surface area contributed by atoms with Gasteiger partial charge in [0.1, 0.15) is 11.9 Å². The number of carboxylic acid groups (broad SMARTS) is 2. The summed E-state index contributed by atoms with van der Waals surface area (Å²) in [6.45, 7) is 9.36. The van der Waals surface area contributed by atoms with Crippen LogP contribution in [0.1, 0.15) is 78.6 Å². The van der Waals surface area contributed by atoms with Gasteiger partial charge in [-0.2, -0.15) is 0 Å². The zero-order valence-corrected chi connectivity index (χ0v) is 21.9. The first-order valence-electron chi connectivity index (χ1n) is 13.6. The zero-order chi connectivity index (χ0) is 26.1. The molecule has 0 aromatic rings. The Morgan fingerprint density at radius 3 is 2.39 bits per heavy atom. The predicted molar refractivity (Wildman–Crippen MR) is 135 cm³/mol. The highest BCUT2D eigenvalue weighted by molar-refractivity contribution is 5.89. The second-order valence-electron chi connectivity index (χ2n) is 12.2. The second-order valence-corrected chi connectivity index (χ2v) is 12.2. The lowest BCUT2D eigenvalue weighted by molar-refractivity contribution is -0.141. The molecule has 8 nitrogen and oxygen atoms in total. The van der Waals surface area contributed by atoms with E-state index in [2.05, 4.69) is 31.2 Å². The fourth-order valence-corrected chi connectivity index (χ4v) is 8.39. The van der Waals surface area contributed by atoms with Crippen LogP contribution in [0.25, 0.3) is 0 Å². The van der Waals surface area contributed by atoms with E-state index in [0.717, 1.165) is 75.3 Å². The van der Waals surface area contributed by atoms with Crippen molar-refractivity contribution >= 4 is 23.4 Å². The van der Waals surface area contributed by atoms with Crippen molar-refractivity contribution in [2.75, 3.05) is 13.1 Å². The normalized spacial score (nSPS) is 42.8. The Hall–Kier alpha value is -2.22. The number of carbonyl (C=O) groups excluding carboxylic acids is 1. The Balaban J connectivity index is 0.000000331. The molecule has 4 aliphatic carbocycles. The Labute approximate surface area is 213 Å². The maximum Gasteiger partial charge on any atom is 0.328 e. The van der Waals surface area contributed by atoms with E-state index >= 15 is 0 Å². The van der Waals surface area contributed by atoms with Crippen LogP contribution in [0.4, 0.5) is 0 Å². The smallest absolute Gasteiger partial charge is 0.328 e. The molecule has 0 bridgehead atoms. The van der Waals surface area contributed by atoms with Gasteiger partial charge < -0.3 is 20.4 Å². The number of nitrogens with zero attached hydrogens (tertiary/aromatic N) is 1. The molecule has 36 heavy (non-hydrogen) atoms. The van der Waals surface area contributed by atoms with Crippen LogP contribution in [-0.2, 0) is 19.2 Å². The van der Waals surface area contributed by atoms with Gasteiger partial charge in [-0.3, -0.25) is 4.79 Å². The van der Waals surface area contributed by atoms with Gasteiger partial charge in [0, 0.05) is 37.0 Å². The highest BCUT2D eigenvalue weighted by atomic mass is 16.6. The van der Waals surface area contributed by atoms with E-state index in [-0.39, 0.29) is 11.5 Å². The molecular formula is C28H42N2O6. The van der Waals surface area contributed by atoms with Crippen molar-refractivity contribution in [3.8, 4) is 0 Å². The van der Waals surface area contributed by atoms with Crippen LogP contribution < -0.4 is 5.32 Å². The highest BCUT2D eigenvalue weighted by Gasteiger charge is 2.61. The van der Waals surface area contributed by atoms with E-state index in [1.54, 1.807) is 0 Å². The molecule has 0 unspecified atom stereocenters. The number of aliphatic carboxylic acids is 2. The number of nitrogens with one attached hydrogen (secondary N) is 1. The molecule has 5 rings (SSSR count). The maximum atomic E-state index is 12.6. The summed E-state index contributed by atoms with van der Waals surface area (Å²) in [7, 11) is 0. The molecule has 4 saturated carbocycles. The average molecular weight is 503 g/mol. The number of fused-ring (bicyclic) bond motifs is 5. The van der Waals surface area contributed by atoms with Crippen LogP contribution in [0.3, 0.4) is 0 Å². The van der Waals surface area contributed by atoms with Gasteiger partial charge in [-0.05, 0) is 86.5 Å². The number of Topliss-reactive ketones (excluding diaryl/α,β-unsaturated/α-hetero) is 1. The van der Waals surface area contributed by atoms with Crippen LogP contribution in [-0.4, -0.2) is 52.8 Å². The molecule has 5 fully saturated rings. The monoisotopic (exact) mass is 502 g/mol. The molecule has 5 aliphatic rings. The standard InChI is InChI=1S/C24H38N2O2.C4H4O4/c1-15-12-18-19-4-5-22(27)24(19,3)10-7-20(18)23(2)9-6-16(13-21(15)23)26-28-17-8-11-25-14-17;5-3(6)1-2-4(7)8/h15,17-21,25H,4-14H2,1-3H3;1-2H,(H,5,6)(H,7,8)/b26-16+;2-1+/t15-,17+,18-,19-,20-,21+,23+,24-;/m0./s1. The molecule has 1 saturated heterocycles. The van der Waals surface area contributed by atoms with Crippen molar-refractivity contribution in [3.63, 3.8) is 0 Å². The number of carboxylic acids is 2. The number of hydrogen-bond donors (Lipinski definition) is 3. The fourth-order valence-electron chi connectivity index (χ4n) is 8.39. The summed E-state index contributed by atoms with van der Waals surface area (Å²) in [6, 6.07) is 0. The van der Waals surface area contributed by atoms with E-state index in [9.17, 15) is 14.4 Å². The minimum Gasteiger partial charge on any atom is -0.478 e. The van der Waals surface area contributed by atoms with Gasteiger partial charge in [0.05, 0.1) is 5.71 Å². The van der Waals surface area contributed by atoms with E-state index in [0.29, 0.717) is 29.3 Å². The third kappa shape index (κ3) is 5.24. The van der Waals surface area contributed by atoms with E-state index in [1.807, 2.05) is 0 Å². The van der Waals surface area contributed by atoms with Gasteiger partial charge in [-0.25, -0.2) is 9.59 Å². The molecule has 8 atom stereocenters. The number of carbonyl (C=O) groups is 3. The topological polar surface area (TPSA) is 125 Å². The Bertz CT molecular complexity index is 909. The fraction of sp³-hybridized carbons (Fsp3) is 0.786. The molecule has 1 heterocycles. The summed E-state index contributed by atoms with van der Waals surface area (Å²) in [4.78, 5) is 37.6. The van der Waals surface area contributed by atoms with Gasteiger partial charge in [0.2, 0.25) is 0 Å². The average Bonchev–Trinajstić information content (AvgIpc) is 3.45. The lowest BCUT2D eigenvalue weighted by atomic mass is 9.43. The first-order chi connectivity index (χ1) is 17.0. The van der Waals surface area contributed by atoms with Crippen molar-refractivity contribution < 1.29 is 29.4 Å². The predicted octanol–water partition coefficient (Wildman–Crippen LogP) is 4.29. The van der Waals surface area contributed by atoms with E-state index in [1.165, 1.54) is 25.0 Å². The SMILES string of the molecule is C[C@H]1C[C@@H]2[C@H](CC[C@]3(C)C(=O)CC[C@@H]23)[C@@]2(C)CC/C(=N\O[C@@H]3CCNC3)C[C@H]12.O=C(O)/C=C/C(=O)O. The molecule has 0 aromatic carbocycles. The van der Waals surface area contributed by atoms with Gasteiger partial charge >= 0.3 is 11.9 Å². The summed E-state index contributed by atoms with van der Waals surface area (Å²) in [6.07, 6.45) is 11.7. The molecule has 0 spiro atoms. The number of ketones is 1. The summed E-state index contributed by atoms with van der Waals surface area (Å²) in [5, 5.41) is 23.6. The van der Waals surface area contributed by atoms with Crippen molar-refractivity contribution in [2.45, 2.75) is 84.7 Å². The lowest BCUT2D eigenvalue weighted by Gasteiger charge is -2.61. The Kier molecular flexibility index (Phi) is 7.93. The largest absolute Gasteiger partial charge is 0.478 e. The molecule has 0 amide bonds. The third-order valence-electron chi connectivity index (χ3n) is 10.3. The van der Waals surface area contributed by atoms with Crippen LogP contribution in [0.15, 0.2) is 17.3 Å². The highest BCUT2D eigenvalue weighted by Crippen LogP contribution is 2.66. The maximum absolute atomic E-state index is 12.6. The zero-order valence-electron chi connectivity index (χ0n) is 21.9. The van der Waals surface area contributed by atoms with Crippen LogP contribution in [0, 0.1) is 40.4 Å². The molecule has 200 valence electrons. The first-order valence-corrected chi connectivity index (χ1v) is 13.6. The van der Waals surface area contributed by atoms with Gasteiger partial charge in [0.15, 0.2) is 0 Å². The molecular weight excluding hydrogens is 460 g/mol. The van der Waals surface area contributed by atoms with Crippen LogP contribution >= 0.6 is 0 Å². The number of oxime groups is 1. The minimum atomic E-state index is -1.26. The first kappa shape index (κ1) is 26.8. The number of hydrogen-bond acceptors (Lipinski definition) is 6. The lowest BCUT2D eigenvalue weighted by Crippen LogP contribution is -2.56. The molecule has 8 heteroatoms. The Morgan fingerprint density at radius 2 is 1.75 bits per heavy atom. The molecule has 3 N–H and O–H groups in total. The second kappa shape index (κ2) is 10.6. The molecule has 1 aliphatic heterocycles. The number of rotatable bonds is 4. The summed E-state index contributed by atoms with van der Waals surface area (Å²) in [5.41, 5.74) is 1.72. The van der Waals surface area contributed by atoms with Crippen LogP contribution in [0.2, 0.25) is 0 Å². The van der Waals surface area contributed by atoms with Gasteiger partial charge in [0.25, 0.3) is 0 Å². The molecule has 0 radical (unpaired) electrons. The van der Waals surface area contributed by atoms with Crippen molar-refractivity contribution in [1.82, 2.24) is 5.32 Å². The summed E-state index contributed by atoms with van der Waals surface area (Å²) in [5.74, 6) is 1.72. The van der Waals surface area contributed by atoms with E-state index < -0.39 is 11.9 Å². The quantitative estimate of drug-likeness (QED) is 0.387. The van der Waals surface area contributed by atoms with Crippen molar-refractivity contribution in [2.24, 2.45) is 45.6 Å². The minimum absolute atomic E-state index is 0.00543.